The van der Waals surface area contributed by atoms with Gasteiger partial charge in [-0.1, -0.05) is 11.8 Å². The van der Waals surface area contributed by atoms with Crippen LogP contribution in [-0.2, 0) is 0 Å². The molecule has 128 valence electrons. The number of carbonyl (C=O) groups excluding carboxylic acids is 2. The monoisotopic (exact) mass is 337 g/mol. The van der Waals surface area contributed by atoms with Crippen LogP contribution in [0, 0.1) is 11.8 Å². The van der Waals surface area contributed by atoms with Gasteiger partial charge in [0.05, 0.1) is 13.2 Å². The Kier molecular flexibility index (Phi) is 6.43. The quantitative estimate of drug-likeness (QED) is 0.731. The summed E-state index contributed by atoms with van der Waals surface area (Å²) in [6.07, 6.45) is 0. The number of ether oxygens (including phenoxy) is 1. The van der Waals surface area contributed by atoms with Crippen molar-refractivity contribution in [2.24, 2.45) is 5.73 Å². The molecule has 25 heavy (non-hydrogen) atoms. The summed E-state index contributed by atoms with van der Waals surface area (Å²) in [5.41, 5.74) is 7.00. The summed E-state index contributed by atoms with van der Waals surface area (Å²) in [5.74, 6) is 6.00. The van der Waals surface area contributed by atoms with Crippen molar-refractivity contribution in [3.8, 4) is 17.6 Å². The SMILES string of the molecule is CCOc1ccc(NC(=O)NCC#Cc2ccc(C(N)=O)cc2)cc1. The molecule has 0 spiro atoms. The van der Waals surface area contributed by atoms with Crippen molar-refractivity contribution < 1.29 is 14.3 Å². The molecule has 0 aliphatic rings. The first-order chi connectivity index (χ1) is 12.1. The largest absolute Gasteiger partial charge is 0.494 e. The number of primary amides is 1. The van der Waals surface area contributed by atoms with Crippen LogP contribution in [0.5, 0.6) is 5.75 Å². The van der Waals surface area contributed by atoms with Crippen LogP contribution in [0.2, 0.25) is 0 Å². The minimum absolute atomic E-state index is 0.195. The second kappa shape index (κ2) is 8.99. The van der Waals surface area contributed by atoms with E-state index in [4.69, 9.17) is 10.5 Å². The van der Waals surface area contributed by atoms with Gasteiger partial charge in [0.2, 0.25) is 5.91 Å². The zero-order chi connectivity index (χ0) is 18.1. The number of benzene rings is 2. The van der Waals surface area contributed by atoms with E-state index in [1.165, 1.54) is 0 Å². The van der Waals surface area contributed by atoms with E-state index in [2.05, 4.69) is 22.5 Å². The molecule has 2 rings (SSSR count). The lowest BCUT2D eigenvalue weighted by Crippen LogP contribution is -2.28. The molecule has 0 saturated heterocycles. The Morgan fingerprint density at radius 2 is 1.76 bits per heavy atom. The lowest BCUT2D eigenvalue weighted by molar-refractivity contribution is 0.1000. The van der Waals surface area contributed by atoms with Gasteiger partial charge in [0.25, 0.3) is 0 Å². The Hall–Kier alpha value is -3.46. The molecule has 0 atom stereocenters. The summed E-state index contributed by atoms with van der Waals surface area (Å²) >= 11 is 0. The molecule has 0 saturated carbocycles. The Morgan fingerprint density at radius 1 is 1.08 bits per heavy atom. The number of hydrogen-bond acceptors (Lipinski definition) is 3. The van der Waals surface area contributed by atoms with Gasteiger partial charge in [0.1, 0.15) is 5.75 Å². The maximum atomic E-state index is 11.8. The van der Waals surface area contributed by atoms with Crippen LogP contribution in [0.3, 0.4) is 0 Å². The van der Waals surface area contributed by atoms with Crippen LogP contribution in [-0.4, -0.2) is 25.1 Å². The molecule has 4 N–H and O–H groups in total. The van der Waals surface area contributed by atoms with Gasteiger partial charge in [-0.15, -0.1) is 0 Å². The summed E-state index contributed by atoms with van der Waals surface area (Å²) in [5, 5.41) is 5.35. The van der Waals surface area contributed by atoms with Gasteiger partial charge in [0.15, 0.2) is 0 Å². The first-order valence-electron chi connectivity index (χ1n) is 7.75. The molecule has 0 unspecified atom stereocenters. The van der Waals surface area contributed by atoms with Gasteiger partial charge in [-0.05, 0) is 55.5 Å². The van der Waals surface area contributed by atoms with Gasteiger partial charge >= 0.3 is 6.03 Å². The summed E-state index contributed by atoms with van der Waals surface area (Å²) in [7, 11) is 0. The Labute approximate surface area is 146 Å². The standard InChI is InChI=1S/C19H19N3O3/c1-2-25-17-11-9-16(10-12-17)22-19(24)21-13-3-4-14-5-7-15(8-6-14)18(20)23/h5-12H,2,13H2,1H3,(H2,20,23)(H2,21,22,24). The number of hydrogen-bond donors (Lipinski definition) is 3. The van der Waals surface area contributed by atoms with Gasteiger partial charge in [-0.3, -0.25) is 4.79 Å². The Morgan fingerprint density at radius 3 is 2.36 bits per heavy atom. The van der Waals surface area contributed by atoms with E-state index in [9.17, 15) is 9.59 Å². The van der Waals surface area contributed by atoms with Crippen LogP contribution in [0.4, 0.5) is 10.5 Å². The molecule has 6 heteroatoms. The van der Waals surface area contributed by atoms with Crippen molar-refractivity contribution in [3.05, 3.63) is 59.7 Å². The number of anilines is 1. The highest BCUT2D eigenvalue weighted by molar-refractivity contribution is 5.92. The minimum atomic E-state index is -0.480. The molecule has 2 aromatic rings. The lowest BCUT2D eigenvalue weighted by Gasteiger charge is -2.07. The smallest absolute Gasteiger partial charge is 0.319 e. The molecule has 3 amide bonds. The molecule has 0 bridgehead atoms. The van der Waals surface area contributed by atoms with E-state index in [1.807, 2.05) is 6.92 Å². The van der Waals surface area contributed by atoms with Crippen LogP contribution < -0.4 is 21.1 Å². The van der Waals surface area contributed by atoms with E-state index in [-0.39, 0.29) is 12.6 Å². The zero-order valence-electron chi connectivity index (χ0n) is 13.8. The van der Waals surface area contributed by atoms with Gasteiger partial charge in [0, 0.05) is 16.8 Å². The maximum absolute atomic E-state index is 11.8. The first kappa shape index (κ1) is 17.9. The van der Waals surface area contributed by atoms with Crippen molar-refractivity contribution >= 4 is 17.6 Å². The Balaban J connectivity index is 1.79. The number of amides is 3. The fourth-order valence-corrected chi connectivity index (χ4v) is 1.97. The zero-order valence-corrected chi connectivity index (χ0v) is 13.8. The highest BCUT2D eigenvalue weighted by Gasteiger charge is 2.00. The number of nitrogens with two attached hydrogens (primary N) is 1. The third kappa shape index (κ3) is 5.92. The summed E-state index contributed by atoms with van der Waals surface area (Å²) < 4.78 is 5.34. The predicted octanol–water partition coefficient (Wildman–Crippen LogP) is 2.36. The molecule has 0 heterocycles. The van der Waals surface area contributed by atoms with Crippen molar-refractivity contribution in [2.75, 3.05) is 18.5 Å². The van der Waals surface area contributed by atoms with Crippen molar-refractivity contribution in [1.29, 1.82) is 0 Å². The highest BCUT2D eigenvalue weighted by Crippen LogP contribution is 2.15. The van der Waals surface area contributed by atoms with E-state index in [0.29, 0.717) is 17.9 Å². The lowest BCUT2D eigenvalue weighted by atomic mass is 10.1. The minimum Gasteiger partial charge on any atom is -0.494 e. The van der Waals surface area contributed by atoms with Crippen LogP contribution in [0.15, 0.2) is 48.5 Å². The number of urea groups is 1. The topological polar surface area (TPSA) is 93.4 Å². The predicted molar refractivity (Wildman–Crippen MR) is 96.5 cm³/mol. The van der Waals surface area contributed by atoms with Crippen molar-refractivity contribution in [2.45, 2.75) is 6.92 Å². The van der Waals surface area contributed by atoms with Crippen LogP contribution >= 0.6 is 0 Å². The normalized spacial score (nSPS) is 9.48. The first-order valence-corrected chi connectivity index (χ1v) is 7.75. The van der Waals surface area contributed by atoms with E-state index < -0.39 is 5.91 Å². The number of carbonyl (C=O) groups is 2. The molecule has 0 aliphatic carbocycles. The average molecular weight is 337 g/mol. The molecule has 0 aliphatic heterocycles. The number of rotatable bonds is 5. The number of nitrogens with one attached hydrogen (secondary N) is 2. The molecule has 0 radical (unpaired) electrons. The van der Waals surface area contributed by atoms with E-state index in [1.54, 1.807) is 48.5 Å². The molecule has 0 aromatic heterocycles. The fourth-order valence-electron chi connectivity index (χ4n) is 1.97. The third-order valence-electron chi connectivity index (χ3n) is 3.16. The highest BCUT2D eigenvalue weighted by atomic mass is 16.5. The molecule has 2 aromatic carbocycles. The molecule has 0 fully saturated rings. The van der Waals surface area contributed by atoms with E-state index in [0.717, 1.165) is 11.3 Å². The fraction of sp³-hybridized carbons (Fsp3) is 0.158. The maximum Gasteiger partial charge on any atom is 0.319 e. The second-order valence-corrected chi connectivity index (χ2v) is 5.01. The van der Waals surface area contributed by atoms with Gasteiger partial charge in [-0.2, -0.15) is 0 Å². The molecular formula is C19H19N3O3. The third-order valence-corrected chi connectivity index (χ3v) is 3.16. The molecule has 6 nitrogen and oxygen atoms in total. The average Bonchev–Trinajstić information content (AvgIpc) is 2.61. The van der Waals surface area contributed by atoms with Crippen LogP contribution in [0.25, 0.3) is 0 Å². The van der Waals surface area contributed by atoms with Crippen molar-refractivity contribution in [3.63, 3.8) is 0 Å². The summed E-state index contributed by atoms with van der Waals surface area (Å²) in [6, 6.07) is 13.4. The van der Waals surface area contributed by atoms with Gasteiger partial charge in [-0.25, -0.2) is 4.79 Å². The Bertz CT molecular complexity index is 787. The van der Waals surface area contributed by atoms with E-state index >= 15 is 0 Å². The molecular weight excluding hydrogens is 318 g/mol. The van der Waals surface area contributed by atoms with Crippen LogP contribution in [0.1, 0.15) is 22.8 Å². The second-order valence-electron chi connectivity index (χ2n) is 5.01. The van der Waals surface area contributed by atoms with Gasteiger partial charge < -0.3 is 21.1 Å². The summed E-state index contributed by atoms with van der Waals surface area (Å²) in [6.45, 7) is 2.70. The van der Waals surface area contributed by atoms with Crippen molar-refractivity contribution in [1.82, 2.24) is 5.32 Å². The summed E-state index contributed by atoms with van der Waals surface area (Å²) in [4.78, 5) is 22.8.